The average Bonchev–Trinajstić information content (AvgIpc) is 2.29. The second-order valence-electron chi connectivity index (χ2n) is 5.85. The summed E-state index contributed by atoms with van der Waals surface area (Å²) in [6.45, 7) is 8.56. The van der Waals surface area contributed by atoms with Gasteiger partial charge in [0.05, 0.1) is 6.54 Å². The summed E-state index contributed by atoms with van der Waals surface area (Å²) >= 11 is 0. The minimum absolute atomic E-state index is 0.170. The molecule has 0 bridgehead atoms. The number of likely N-dealkylation sites (tertiary alicyclic amines) is 1. The first kappa shape index (κ1) is 15.4. The van der Waals surface area contributed by atoms with Crippen LogP contribution in [-0.2, 0) is 4.79 Å². The first-order valence-electron chi connectivity index (χ1n) is 7.31. The highest BCUT2D eigenvalue weighted by Crippen LogP contribution is 2.18. The van der Waals surface area contributed by atoms with Gasteiger partial charge in [-0.25, -0.2) is 0 Å². The van der Waals surface area contributed by atoms with Gasteiger partial charge < -0.3 is 11.1 Å². The van der Waals surface area contributed by atoms with Crippen LogP contribution in [-0.4, -0.2) is 43.5 Å². The Bertz CT molecular complexity index is 241. The Labute approximate surface area is 111 Å². The van der Waals surface area contributed by atoms with Crippen LogP contribution in [0, 0.1) is 11.8 Å². The maximum Gasteiger partial charge on any atom is 0.234 e. The van der Waals surface area contributed by atoms with Gasteiger partial charge in [-0.1, -0.05) is 13.8 Å². The third-order valence-corrected chi connectivity index (χ3v) is 3.59. The Morgan fingerprint density at radius 3 is 2.94 bits per heavy atom. The van der Waals surface area contributed by atoms with E-state index in [4.69, 9.17) is 5.73 Å². The zero-order chi connectivity index (χ0) is 13.4. The van der Waals surface area contributed by atoms with Crippen molar-refractivity contribution in [2.24, 2.45) is 17.6 Å². The maximum atomic E-state index is 11.8. The van der Waals surface area contributed by atoms with Gasteiger partial charge >= 0.3 is 0 Å². The fourth-order valence-electron chi connectivity index (χ4n) is 2.53. The lowest BCUT2D eigenvalue weighted by Gasteiger charge is -2.32. The lowest BCUT2D eigenvalue weighted by atomic mass is 9.95. The standard InChI is InChI=1S/C14H29N3O/c1-12(2)6-8-16-14(18)11-17-9-3-4-13(10-17)5-7-15/h12-13H,3-11,15H2,1-2H3,(H,16,18). The van der Waals surface area contributed by atoms with E-state index in [1.54, 1.807) is 0 Å². The molecule has 1 heterocycles. The summed E-state index contributed by atoms with van der Waals surface area (Å²) in [5.74, 6) is 1.51. The fraction of sp³-hybridized carbons (Fsp3) is 0.929. The van der Waals surface area contributed by atoms with Gasteiger partial charge in [-0.2, -0.15) is 0 Å². The normalized spacial score (nSPS) is 21.2. The van der Waals surface area contributed by atoms with E-state index in [0.29, 0.717) is 18.4 Å². The average molecular weight is 255 g/mol. The second-order valence-corrected chi connectivity index (χ2v) is 5.85. The SMILES string of the molecule is CC(C)CCNC(=O)CN1CCCC(CCN)C1. The summed E-state index contributed by atoms with van der Waals surface area (Å²) in [5, 5.41) is 3.00. The molecule has 0 radical (unpaired) electrons. The largest absolute Gasteiger partial charge is 0.355 e. The van der Waals surface area contributed by atoms with Gasteiger partial charge in [-0.15, -0.1) is 0 Å². The molecule has 3 N–H and O–H groups in total. The Hall–Kier alpha value is -0.610. The maximum absolute atomic E-state index is 11.8. The molecule has 0 aliphatic carbocycles. The van der Waals surface area contributed by atoms with Crippen molar-refractivity contribution in [3.8, 4) is 0 Å². The highest BCUT2D eigenvalue weighted by molar-refractivity contribution is 5.77. The molecule has 1 aliphatic rings. The molecule has 18 heavy (non-hydrogen) atoms. The molecule has 4 heteroatoms. The quantitative estimate of drug-likeness (QED) is 0.719. The Morgan fingerprint density at radius 1 is 1.50 bits per heavy atom. The van der Waals surface area contributed by atoms with Gasteiger partial charge in [0.25, 0.3) is 0 Å². The number of carbonyl (C=O) groups is 1. The molecule has 1 aliphatic heterocycles. The van der Waals surface area contributed by atoms with Crippen molar-refractivity contribution in [3.63, 3.8) is 0 Å². The minimum atomic E-state index is 0.170. The van der Waals surface area contributed by atoms with E-state index in [9.17, 15) is 4.79 Å². The number of hydrogen-bond acceptors (Lipinski definition) is 3. The zero-order valence-electron chi connectivity index (χ0n) is 12.0. The van der Waals surface area contributed by atoms with Crippen LogP contribution in [0.25, 0.3) is 0 Å². The molecule has 1 atom stereocenters. The monoisotopic (exact) mass is 255 g/mol. The zero-order valence-corrected chi connectivity index (χ0v) is 12.0. The van der Waals surface area contributed by atoms with Crippen molar-refractivity contribution >= 4 is 5.91 Å². The van der Waals surface area contributed by atoms with E-state index < -0.39 is 0 Å². The molecule has 4 nitrogen and oxygen atoms in total. The first-order valence-corrected chi connectivity index (χ1v) is 7.31. The van der Waals surface area contributed by atoms with E-state index >= 15 is 0 Å². The second kappa shape index (κ2) is 8.48. The molecule has 0 spiro atoms. The van der Waals surface area contributed by atoms with E-state index in [-0.39, 0.29) is 5.91 Å². The Morgan fingerprint density at radius 2 is 2.28 bits per heavy atom. The van der Waals surface area contributed by atoms with Crippen LogP contribution in [0.4, 0.5) is 0 Å². The summed E-state index contributed by atoms with van der Waals surface area (Å²) in [4.78, 5) is 14.1. The number of rotatable bonds is 7. The molecule has 0 saturated carbocycles. The van der Waals surface area contributed by atoms with Crippen molar-refractivity contribution in [2.45, 2.75) is 39.5 Å². The third-order valence-electron chi connectivity index (χ3n) is 3.59. The molecule has 0 aromatic rings. The fourth-order valence-corrected chi connectivity index (χ4v) is 2.53. The molecule has 0 aromatic heterocycles. The topological polar surface area (TPSA) is 58.4 Å². The smallest absolute Gasteiger partial charge is 0.234 e. The lowest BCUT2D eigenvalue weighted by molar-refractivity contribution is -0.122. The van der Waals surface area contributed by atoms with Crippen LogP contribution in [0.15, 0.2) is 0 Å². The van der Waals surface area contributed by atoms with Crippen LogP contribution in [0.2, 0.25) is 0 Å². The van der Waals surface area contributed by atoms with Crippen LogP contribution in [0.3, 0.4) is 0 Å². The van der Waals surface area contributed by atoms with Gasteiger partial charge in [0.15, 0.2) is 0 Å². The molecule has 1 fully saturated rings. The number of nitrogens with zero attached hydrogens (tertiary/aromatic N) is 1. The summed E-state index contributed by atoms with van der Waals surface area (Å²) in [7, 11) is 0. The molecule has 1 rings (SSSR count). The molecule has 106 valence electrons. The number of nitrogens with one attached hydrogen (secondary N) is 1. The van der Waals surface area contributed by atoms with Gasteiger partial charge in [0.2, 0.25) is 5.91 Å². The van der Waals surface area contributed by atoms with Gasteiger partial charge in [-0.3, -0.25) is 9.69 Å². The number of carbonyl (C=O) groups excluding carboxylic acids is 1. The minimum Gasteiger partial charge on any atom is -0.355 e. The van der Waals surface area contributed by atoms with Crippen LogP contribution >= 0.6 is 0 Å². The van der Waals surface area contributed by atoms with Crippen LogP contribution < -0.4 is 11.1 Å². The first-order chi connectivity index (χ1) is 8.61. The van der Waals surface area contributed by atoms with Gasteiger partial charge in [0.1, 0.15) is 0 Å². The predicted octanol–water partition coefficient (Wildman–Crippen LogP) is 1.21. The summed E-state index contributed by atoms with van der Waals surface area (Å²) in [6.07, 6.45) is 4.61. The van der Waals surface area contributed by atoms with E-state index in [1.807, 2.05) is 0 Å². The van der Waals surface area contributed by atoms with Crippen molar-refractivity contribution in [2.75, 3.05) is 32.7 Å². The van der Waals surface area contributed by atoms with Crippen molar-refractivity contribution in [1.82, 2.24) is 10.2 Å². The van der Waals surface area contributed by atoms with E-state index in [2.05, 4.69) is 24.1 Å². The van der Waals surface area contributed by atoms with Gasteiger partial charge in [0, 0.05) is 13.1 Å². The lowest BCUT2D eigenvalue weighted by Crippen LogP contribution is -2.43. The highest BCUT2D eigenvalue weighted by atomic mass is 16.2. The molecule has 1 saturated heterocycles. The van der Waals surface area contributed by atoms with Crippen molar-refractivity contribution in [3.05, 3.63) is 0 Å². The van der Waals surface area contributed by atoms with E-state index in [0.717, 1.165) is 39.0 Å². The van der Waals surface area contributed by atoms with Crippen molar-refractivity contribution in [1.29, 1.82) is 0 Å². The number of amides is 1. The molecule has 0 aromatic carbocycles. The summed E-state index contributed by atoms with van der Waals surface area (Å²) in [6, 6.07) is 0. The summed E-state index contributed by atoms with van der Waals surface area (Å²) < 4.78 is 0. The third kappa shape index (κ3) is 6.36. The summed E-state index contributed by atoms with van der Waals surface area (Å²) in [5.41, 5.74) is 5.60. The number of piperidine rings is 1. The highest BCUT2D eigenvalue weighted by Gasteiger charge is 2.20. The predicted molar refractivity (Wildman–Crippen MR) is 75.3 cm³/mol. The molecule has 1 amide bonds. The van der Waals surface area contributed by atoms with Crippen molar-refractivity contribution < 1.29 is 4.79 Å². The molecular formula is C14H29N3O. The Balaban J connectivity index is 2.18. The van der Waals surface area contributed by atoms with Crippen LogP contribution in [0.5, 0.6) is 0 Å². The Kier molecular flexibility index (Phi) is 7.28. The van der Waals surface area contributed by atoms with E-state index in [1.165, 1.54) is 12.8 Å². The number of hydrogen-bond donors (Lipinski definition) is 2. The van der Waals surface area contributed by atoms with Crippen LogP contribution in [0.1, 0.15) is 39.5 Å². The van der Waals surface area contributed by atoms with Gasteiger partial charge in [-0.05, 0) is 50.6 Å². The molecule has 1 unspecified atom stereocenters. The molecular weight excluding hydrogens is 226 g/mol. The number of nitrogens with two attached hydrogens (primary N) is 1.